The molecule has 0 aromatic heterocycles. The van der Waals surface area contributed by atoms with Gasteiger partial charge in [0.1, 0.15) is 0 Å². The van der Waals surface area contributed by atoms with Crippen LogP contribution in [-0.4, -0.2) is 11.5 Å². The molecule has 2 heteroatoms. The predicted molar refractivity (Wildman–Crippen MR) is 88.3 cm³/mol. The first kappa shape index (κ1) is 11.7. The Labute approximate surface area is 122 Å². The molecule has 0 spiro atoms. The quantitative estimate of drug-likeness (QED) is 0.319. The van der Waals surface area contributed by atoms with Crippen LogP contribution in [0.15, 0.2) is 54.6 Å². The zero-order valence-corrected chi connectivity index (χ0v) is 11.7. The number of benzene rings is 4. The molecule has 0 saturated heterocycles. The standard InChI is InChI=1S/C18H12OS/c19-16(10-20)14-8-6-13-5-4-11-2-1-3-12-7-9-15(14)18(13)17(11)12/h1-9,20H,10H2. The molecule has 0 bridgehead atoms. The number of thiol groups is 1. The van der Waals surface area contributed by atoms with E-state index in [2.05, 4.69) is 55.1 Å². The summed E-state index contributed by atoms with van der Waals surface area (Å²) in [7, 11) is 0. The van der Waals surface area contributed by atoms with Crippen LogP contribution in [0.2, 0.25) is 0 Å². The Hall–Kier alpha value is -2.06. The van der Waals surface area contributed by atoms with Gasteiger partial charge in [-0.15, -0.1) is 0 Å². The largest absolute Gasteiger partial charge is 0.293 e. The van der Waals surface area contributed by atoms with Crippen molar-refractivity contribution in [2.75, 3.05) is 5.75 Å². The van der Waals surface area contributed by atoms with Crippen molar-refractivity contribution in [2.24, 2.45) is 0 Å². The van der Waals surface area contributed by atoms with E-state index >= 15 is 0 Å². The summed E-state index contributed by atoms with van der Waals surface area (Å²) in [6.45, 7) is 0. The van der Waals surface area contributed by atoms with E-state index in [1.165, 1.54) is 26.9 Å². The maximum Gasteiger partial charge on any atom is 0.173 e. The second kappa shape index (κ2) is 4.22. The van der Waals surface area contributed by atoms with Gasteiger partial charge in [-0.2, -0.15) is 12.6 Å². The van der Waals surface area contributed by atoms with Gasteiger partial charge in [-0.3, -0.25) is 4.79 Å². The average molecular weight is 276 g/mol. The third kappa shape index (κ3) is 1.49. The smallest absolute Gasteiger partial charge is 0.173 e. The first-order chi connectivity index (χ1) is 9.79. The van der Waals surface area contributed by atoms with Crippen molar-refractivity contribution in [1.82, 2.24) is 0 Å². The molecule has 0 atom stereocenters. The molecule has 0 aliphatic heterocycles. The molecule has 0 heterocycles. The Morgan fingerprint density at radius 3 is 2.10 bits per heavy atom. The second-order valence-electron chi connectivity index (χ2n) is 5.05. The van der Waals surface area contributed by atoms with E-state index in [1.54, 1.807) is 0 Å². The lowest BCUT2D eigenvalue weighted by molar-refractivity contribution is 0.102. The van der Waals surface area contributed by atoms with Crippen molar-refractivity contribution < 1.29 is 4.79 Å². The van der Waals surface area contributed by atoms with E-state index in [1.807, 2.05) is 12.1 Å². The molecular formula is C18H12OS. The number of ketones is 1. The molecule has 0 radical (unpaired) electrons. The minimum absolute atomic E-state index is 0.0752. The highest BCUT2D eigenvalue weighted by atomic mass is 32.1. The summed E-state index contributed by atoms with van der Waals surface area (Å²) in [5.41, 5.74) is 0.769. The topological polar surface area (TPSA) is 17.1 Å². The third-order valence-corrected chi connectivity index (χ3v) is 4.26. The average Bonchev–Trinajstić information content (AvgIpc) is 2.51. The van der Waals surface area contributed by atoms with Gasteiger partial charge >= 0.3 is 0 Å². The maximum absolute atomic E-state index is 12.1. The van der Waals surface area contributed by atoms with Crippen molar-refractivity contribution in [1.29, 1.82) is 0 Å². The van der Waals surface area contributed by atoms with Gasteiger partial charge in [-0.25, -0.2) is 0 Å². The lowest BCUT2D eigenvalue weighted by atomic mass is 9.91. The highest BCUT2D eigenvalue weighted by molar-refractivity contribution is 7.81. The lowest BCUT2D eigenvalue weighted by Gasteiger charge is -2.12. The molecule has 0 fully saturated rings. The zero-order valence-electron chi connectivity index (χ0n) is 10.8. The summed E-state index contributed by atoms with van der Waals surface area (Å²) in [6, 6.07) is 18.7. The van der Waals surface area contributed by atoms with Crippen molar-refractivity contribution >= 4 is 50.7 Å². The molecule has 20 heavy (non-hydrogen) atoms. The summed E-state index contributed by atoms with van der Waals surface area (Å²) in [6.07, 6.45) is 0. The summed E-state index contributed by atoms with van der Waals surface area (Å²) >= 11 is 4.12. The Morgan fingerprint density at radius 2 is 1.40 bits per heavy atom. The van der Waals surface area contributed by atoms with Crippen LogP contribution >= 0.6 is 12.6 Å². The minimum Gasteiger partial charge on any atom is -0.293 e. The van der Waals surface area contributed by atoms with Crippen molar-refractivity contribution in [3.05, 3.63) is 60.2 Å². The highest BCUT2D eigenvalue weighted by Crippen LogP contribution is 2.35. The van der Waals surface area contributed by atoms with Gasteiger partial charge < -0.3 is 0 Å². The fourth-order valence-corrected chi connectivity index (χ4v) is 3.23. The summed E-state index contributed by atoms with van der Waals surface area (Å²) in [5.74, 6) is 0.315. The Bertz CT molecular complexity index is 940. The Morgan fingerprint density at radius 1 is 0.800 bits per heavy atom. The summed E-state index contributed by atoms with van der Waals surface area (Å²) in [4.78, 5) is 12.1. The van der Waals surface area contributed by atoms with Crippen LogP contribution in [0.4, 0.5) is 0 Å². The minimum atomic E-state index is 0.0752. The lowest BCUT2D eigenvalue weighted by Crippen LogP contribution is -2.01. The second-order valence-corrected chi connectivity index (χ2v) is 5.37. The molecule has 0 aliphatic carbocycles. The normalized spacial score (nSPS) is 11.7. The molecule has 0 aliphatic rings. The molecular weight excluding hydrogens is 264 g/mol. The van der Waals surface area contributed by atoms with Gasteiger partial charge in [0.2, 0.25) is 0 Å². The van der Waals surface area contributed by atoms with Crippen molar-refractivity contribution in [3.8, 4) is 0 Å². The molecule has 0 saturated carbocycles. The monoisotopic (exact) mass is 276 g/mol. The van der Waals surface area contributed by atoms with Crippen LogP contribution < -0.4 is 0 Å². The van der Waals surface area contributed by atoms with Crippen molar-refractivity contribution in [2.45, 2.75) is 0 Å². The van der Waals surface area contributed by atoms with Crippen LogP contribution in [0.3, 0.4) is 0 Å². The summed E-state index contributed by atoms with van der Waals surface area (Å²) < 4.78 is 0. The number of hydrogen-bond acceptors (Lipinski definition) is 2. The van der Waals surface area contributed by atoms with Crippen LogP contribution in [0, 0.1) is 0 Å². The van der Waals surface area contributed by atoms with Gasteiger partial charge in [0.05, 0.1) is 5.75 Å². The van der Waals surface area contributed by atoms with E-state index in [4.69, 9.17) is 0 Å². The van der Waals surface area contributed by atoms with Crippen LogP contribution in [0.5, 0.6) is 0 Å². The van der Waals surface area contributed by atoms with Gasteiger partial charge in [0.15, 0.2) is 5.78 Å². The van der Waals surface area contributed by atoms with Crippen LogP contribution in [0.1, 0.15) is 10.4 Å². The zero-order chi connectivity index (χ0) is 13.7. The molecule has 4 aromatic carbocycles. The molecule has 0 unspecified atom stereocenters. The number of rotatable bonds is 2. The fourth-order valence-electron chi connectivity index (χ4n) is 3.06. The molecule has 4 rings (SSSR count). The van der Waals surface area contributed by atoms with Gasteiger partial charge in [-0.05, 0) is 32.3 Å². The Balaban J connectivity index is 2.29. The van der Waals surface area contributed by atoms with Crippen molar-refractivity contribution in [3.63, 3.8) is 0 Å². The number of carbonyl (C=O) groups is 1. The van der Waals surface area contributed by atoms with E-state index in [0.717, 1.165) is 10.9 Å². The maximum atomic E-state index is 12.1. The first-order valence-electron chi connectivity index (χ1n) is 6.60. The van der Waals surface area contributed by atoms with Gasteiger partial charge in [-0.1, -0.05) is 54.6 Å². The van der Waals surface area contributed by atoms with E-state index in [-0.39, 0.29) is 11.5 Å². The number of Topliss-reactive ketones (excluding diaryl/α,β-unsaturated/α-hetero) is 1. The third-order valence-electron chi connectivity index (χ3n) is 3.97. The Kier molecular flexibility index (Phi) is 2.48. The number of carbonyl (C=O) groups excluding carboxylic acids is 1. The van der Waals surface area contributed by atoms with Gasteiger partial charge in [0.25, 0.3) is 0 Å². The van der Waals surface area contributed by atoms with Crippen LogP contribution in [0.25, 0.3) is 32.3 Å². The van der Waals surface area contributed by atoms with E-state index in [9.17, 15) is 4.79 Å². The molecule has 4 aromatic rings. The van der Waals surface area contributed by atoms with Gasteiger partial charge in [0, 0.05) is 5.56 Å². The predicted octanol–water partition coefficient (Wildman–Crippen LogP) is 4.70. The highest BCUT2D eigenvalue weighted by Gasteiger charge is 2.13. The van der Waals surface area contributed by atoms with E-state index in [0.29, 0.717) is 0 Å². The molecule has 1 nitrogen and oxygen atoms in total. The number of hydrogen-bond donors (Lipinski definition) is 1. The molecule has 0 amide bonds. The SMILES string of the molecule is O=C(CS)c1ccc2ccc3cccc4ccc1c2c34. The molecule has 96 valence electrons. The van der Waals surface area contributed by atoms with E-state index < -0.39 is 0 Å². The molecule has 0 N–H and O–H groups in total. The first-order valence-corrected chi connectivity index (χ1v) is 7.23. The summed E-state index contributed by atoms with van der Waals surface area (Å²) in [5, 5.41) is 7.09. The fraction of sp³-hybridized carbons (Fsp3) is 0.0556. The van der Waals surface area contributed by atoms with Crippen LogP contribution in [-0.2, 0) is 0 Å².